The summed E-state index contributed by atoms with van der Waals surface area (Å²) in [4.78, 5) is 0. The Morgan fingerprint density at radius 3 is 3.16 bits per heavy atom. The second-order valence-electron chi connectivity index (χ2n) is 4.36. The summed E-state index contributed by atoms with van der Waals surface area (Å²) in [5.74, 6) is 2.79. The van der Waals surface area contributed by atoms with Crippen molar-refractivity contribution in [3.63, 3.8) is 0 Å². The second kappa shape index (κ2) is 5.13. The molecule has 2 heterocycles. The van der Waals surface area contributed by atoms with E-state index in [9.17, 15) is 0 Å². The van der Waals surface area contributed by atoms with Gasteiger partial charge in [-0.2, -0.15) is 0 Å². The van der Waals surface area contributed by atoms with Crippen molar-refractivity contribution in [2.24, 2.45) is 0 Å². The summed E-state index contributed by atoms with van der Waals surface area (Å²) in [6.45, 7) is 2.08. The molecule has 1 atom stereocenters. The average molecular weight is 276 g/mol. The van der Waals surface area contributed by atoms with Gasteiger partial charge in [0.1, 0.15) is 5.75 Å². The number of nitrogens with one attached hydrogen (secondary N) is 1. The van der Waals surface area contributed by atoms with Gasteiger partial charge in [-0.05, 0) is 17.7 Å². The zero-order valence-electron chi connectivity index (χ0n) is 11.0. The normalized spacial score (nSPS) is 17.7. The number of methoxy groups -OCH3 is 1. The number of nitrogens with zero attached hydrogens (tertiary/aromatic N) is 3. The van der Waals surface area contributed by atoms with Crippen LogP contribution in [0.5, 0.6) is 5.75 Å². The Morgan fingerprint density at radius 2 is 2.37 bits per heavy atom. The van der Waals surface area contributed by atoms with Crippen LogP contribution in [0.1, 0.15) is 24.4 Å². The van der Waals surface area contributed by atoms with E-state index in [1.807, 2.05) is 16.8 Å². The Hall–Kier alpha value is -1.69. The van der Waals surface area contributed by atoms with Gasteiger partial charge in [-0.15, -0.1) is 10.2 Å². The Kier molecular flexibility index (Phi) is 3.33. The summed E-state index contributed by atoms with van der Waals surface area (Å²) < 4.78 is 7.28. The molecule has 0 saturated carbocycles. The van der Waals surface area contributed by atoms with Crippen LogP contribution in [0.3, 0.4) is 0 Å². The number of hydrogen-bond acceptors (Lipinski definition) is 5. The van der Waals surface area contributed by atoms with E-state index in [0.717, 1.165) is 28.9 Å². The van der Waals surface area contributed by atoms with Gasteiger partial charge in [-0.3, -0.25) is 0 Å². The van der Waals surface area contributed by atoms with Crippen molar-refractivity contribution in [2.45, 2.75) is 24.5 Å². The number of fused-ring (bicyclic) bond motifs is 1. The highest BCUT2D eigenvalue weighted by Crippen LogP contribution is 2.31. The Morgan fingerprint density at radius 1 is 1.47 bits per heavy atom. The lowest BCUT2D eigenvalue weighted by Crippen LogP contribution is -2.29. The summed E-state index contributed by atoms with van der Waals surface area (Å²) >= 11 is 1.73. The molecule has 0 saturated heterocycles. The highest BCUT2D eigenvalue weighted by Gasteiger charge is 2.23. The smallest absolute Gasteiger partial charge is 0.210 e. The van der Waals surface area contributed by atoms with Crippen LogP contribution in [-0.4, -0.2) is 27.7 Å². The van der Waals surface area contributed by atoms with Gasteiger partial charge in [0.05, 0.1) is 13.2 Å². The fourth-order valence-electron chi connectivity index (χ4n) is 2.13. The van der Waals surface area contributed by atoms with Crippen molar-refractivity contribution >= 4 is 11.8 Å². The van der Waals surface area contributed by atoms with E-state index in [1.54, 1.807) is 18.9 Å². The maximum atomic E-state index is 5.28. The van der Waals surface area contributed by atoms with E-state index in [4.69, 9.17) is 4.74 Å². The lowest BCUT2D eigenvalue weighted by Gasteiger charge is -2.26. The number of benzene rings is 1. The number of ether oxygens (including phenoxy) is 1. The maximum absolute atomic E-state index is 5.28. The molecular weight excluding hydrogens is 260 g/mol. The minimum atomic E-state index is 0.244. The zero-order chi connectivity index (χ0) is 13.2. The average Bonchev–Trinajstić information content (AvgIpc) is 2.89. The van der Waals surface area contributed by atoms with Crippen LogP contribution in [0.25, 0.3) is 0 Å². The molecule has 0 amide bonds. The lowest BCUT2D eigenvalue weighted by atomic mass is 10.1. The molecule has 0 bridgehead atoms. The van der Waals surface area contributed by atoms with Crippen molar-refractivity contribution in [2.75, 3.05) is 18.3 Å². The molecule has 100 valence electrons. The fraction of sp³-hybridized carbons (Fsp3) is 0.385. The third kappa shape index (κ3) is 2.28. The van der Waals surface area contributed by atoms with Gasteiger partial charge in [0, 0.05) is 12.2 Å². The van der Waals surface area contributed by atoms with Crippen LogP contribution in [0.4, 0.5) is 0 Å². The van der Waals surface area contributed by atoms with E-state index in [1.165, 1.54) is 5.56 Å². The van der Waals surface area contributed by atoms with Crippen LogP contribution in [0.15, 0.2) is 29.4 Å². The minimum Gasteiger partial charge on any atom is -0.497 e. The molecule has 1 aromatic carbocycles. The van der Waals surface area contributed by atoms with Crippen LogP contribution >= 0.6 is 11.8 Å². The summed E-state index contributed by atoms with van der Waals surface area (Å²) in [6, 6.07) is 8.40. The first-order chi connectivity index (χ1) is 9.31. The molecule has 5 nitrogen and oxygen atoms in total. The molecule has 0 aliphatic carbocycles. The largest absolute Gasteiger partial charge is 0.497 e. The molecular formula is C13H16N4OS. The molecule has 1 aliphatic rings. The Labute approximate surface area is 116 Å². The molecule has 1 unspecified atom stereocenters. The van der Waals surface area contributed by atoms with Crippen molar-refractivity contribution in [3.8, 4) is 5.75 Å². The minimum absolute atomic E-state index is 0.244. The standard InChI is InChI=1S/C13H16N4OS/c1-3-12-14-15-13-17(12)16-11(8-19-13)9-5-4-6-10(7-9)18-2/h4-7,11,16H,3,8H2,1-2H3. The first-order valence-corrected chi connectivity index (χ1v) is 7.28. The van der Waals surface area contributed by atoms with Crippen LogP contribution in [0, 0.1) is 0 Å². The Balaban J connectivity index is 1.88. The van der Waals surface area contributed by atoms with Gasteiger partial charge in [-0.25, -0.2) is 4.68 Å². The number of aromatic nitrogens is 3. The zero-order valence-corrected chi connectivity index (χ0v) is 11.8. The highest BCUT2D eigenvalue weighted by molar-refractivity contribution is 7.99. The molecule has 1 aromatic heterocycles. The van der Waals surface area contributed by atoms with Crippen LogP contribution in [-0.2, 0) is 6.42 Å². The molecule has 6 heteroatoms. The van der Waals surface area contributed by atoms with Crippen LogP contribution < -0.4 is 10.2 Å². The SMILES string of the molecule is CCc1nnc2n1NC(c1cccc(OC)c1)CS2. The quantitative estimate of drug-likeness (QED) is 0.931. The third-order valence-electron chi connectivity index (χ3n) is 3.18. The van der Waals surface area contributed by atoms with Gasteiger partial charge in [0.2, 0.25) is 5.16 Å². The number of aryl methyl sites for hydroxylation is 1. The predicted octanol–water partition coefficient (Wildman–Crippen LogP) is 2.24. The number of hydrogen-bond donors (Lipinski definition) is 1. The fourth-order valence-corrected chi connectivity index (χ4v) is 3.10. The van der Waals surface area contributed by atoms with Gasteiger partial charge >= 0.3 is 0 Å². The summed E-state index contributed by atoms with van der Waals surface area (Å²) in [6.07, 6.45) is 0.866. The molecule has 0 radical (unpaired) electrons. The lowest BCUT2D eigenvalue weighted by molar-refractivity contribution is 0.414. The first-order valence-electron chi connectivity index (χ1n) is 6.29. The van der Waals surface area contributed by atoms with Crippen LogP contribution in [0.2, 0.25) is 0 Å². The third-order valence-corrected chi connectivity index (χ3v) is 4.20. The van der Waals surface area contributed by atoms with E-state index in [-0.39, 0.29) is 6.04 Å². The van der Waals surface area contributed by atoms with Gasteiger partial charge in [0.15, 0.2) is 5.82 Å². The van der Waals surface area contributed by atoms with Gasteiger partial charge in [0.25, 0.3) is 0 Å². The molecule has 1 aliphatic heterocycles. The summed E-state index contributed by atoms with van der Waals surface area (Å²) in [5.41, 5.74) is 4.70. The molecule has 0 fully saturated rings. The summed E-state index contributed by atoms with van der Waals surface area (Å²) in [5, 5.41) is 9.30. The van der Waals surface area contributed by atoms with E-state index in [2.05, 4.69) is 34.7 Å². The Bertz CT molecular complexity index is 570. The van der Waals surface area contributed by atoms with Crippen molar-refractivity contribution in [3.05, 3.63) is 35.7 Å². The van der Waals surface area contributed by atoms with Gasteiger partial charge < -0.3 is 10.2 Å². The number of rotatable bonds is 3. The molecule has 3 rings (SSSR count). The van der Waals surface area contributed by atoms with Crippen molar-refractivity contribution in [1.29, 1.82) is 0 Å². The van der Waals surface area contributed by atoms with E-state index >= 15 is 0 Å². The number of thioether (sulfide) groups is 1. The second-order valence-corrected chi connectivity index (χ2v) is 5.34. The van der Waals surface area contributed by atoms with E-state index in [0.29, 0.717) is 0 Å². The van der Waals surface area contributed by atoms with Crippen molar-refractivity contribution in [1.82, 2.24) is 14.9 Å². The molecule has 19 heavy (non-hydrogen) atoms. The molecule has 1 N–H and O–H groups in total. The summed E-state index contributed by atoms with van der Waals surface area (Å²) in [7, 11) is 1.69. The maximum Gasteiger partial charge on any atom is 0.210 e. The first kappa shape index (κ1) is 12.3. The highest BCUT2D eigenvalue weighted by atomic mass is 32.2. The van der Waals surface area contributed by atoms with Crippen molar-refractivity contribution < 1.29 is 4.74 Å². The van der Waals surface area contributed by atoms with Gasteiger partial charge in [-0.1, -0.05) is 30.8 Å². The van der Waals surface area contributed by atoms with E-state index < -0.39 is 0 Å². The molecule has 0 spiro atoms. The predicted molar refractivity (Wildman–Crippen MR) is 75.2 cm³/mol. The monoisotopic (exact) mass is 276 g/mol. The molecule has 2 aromatic rings. The topological polar surface area (TPSA) is 52.0 Å².